The van der Waals surface area contributed by atoms with Crippen LogP contribution in [0.25, 0.3) is 12.2 Å². The summed E-state index contributed by atoms with van der Waals surface area (Å²) in [5.41, 5.74) is 2.37. The average molecular weight is 503 g/mol. The van der Waals surface area contributed by atoms with Gasteiger partial charge in [0.05, 0.1) is 18.8 Å². The Morgan fingerprint density at radius 3 is 2.54 bits per heavy atom. The van der Waals surface area contributed by atoms with Crippen LogP contribution in [0.3, 0.4) is 0 Å². The van der Waals surface area contributed by atoms with E-state index in [0.717, 1.165) is 48.8 Å². The molecule has 2 N–H and O–H groups in total. The fraction of sp³-hybridized carbons (Fsp3) is 0.407. The van der Waals surface area contributed by atoms with Crippen LogP contribution in [0.5, 0.6) is 0 Å². The second-order valence-corrected chi connectivity index (χ2v) is 10.5. The molecule has 4 heterocycles. The van der Waals surface area contributed by atoms with Crippen LogP contribution in [0.2, 0.25) is 0 Å². The summed E-state index contributed by atoms with van der Waals surface area (Å²) in [6.45, 7) is 10.2. The van der Waals surface area contributed by atoms with Gasteiger partial charge in [-0.2, -0.15) is 5.10 Å². The molecule has 37 heavy (non-hydrogen) atoms. The van der Waals surface area contributed by atoms with Gasteiger partial charge in [-0.25, -0.2) is 14.8 Å². The molecule has 1 aromatic carbocycles. The molecule has 0 spiro atoms. The first-order valence-electron chi connectivity index (χ1n) is 12.6. The number of rotatable bonds is 5. The van der Waals surface area contributed by atoms with Gasteiger partial charge >= 0.3 is 6.09 Å². The Labute approximate surface area is 217 Å². The number of carbonyl (C=O) groups excluding carboxylic acids is 1. The van der Waals surface area contributed by atoms with Gasteiger partial charge in [0.1, 0.15) is 17.2 Å². The molecule has 0 bridgehead atoms. The maximum Gasteiger partial charge on any atom is 0.410 e. The molecule has 0 atom stereocenters. The van der Waals surface area contributed by atoms with E-state index in [1.54, 1.807) is 4.90 Å². The van der Waals surface area contributed by atoms with Gasteiger partial charge in [-0.05, 0) is 39.5 Å². The SMILES string of the molecule is CN1CCN(c2cc(Nc3n[nH]c4c3CN(C(=O)OC(C)(C)C)C4)nc(C=Cc3ccccc3)n2)CC1. The molecule has 5 rings (SSSR count). The number of piperazine rings is 1. The number of H-pyrrole nitrogens is 1. The minimum atomic E-state index is -0.545. The van der Waals surface area contributed by atoms with E-state index in [9.17, 15) is 4.79 Å². The van der Waals surface area contributed by atoms with E-state index < -0.39 is 5.60 Å². The van der Waals surface area contributed by atoms with E-state index in [1.807, 2.05) is 69.3 Å². The van der Waals surface area contributed by atoms with Gasteiger partial charge in [0.25, 0.3) is 0 Å². The van der Waals surface area contributed by atoms with Crippen molar-refractivity contribution < 1.29 is 9.53 Å². The number of benzene rings is 1. The zero-order valence-electron chi connectivity index (χ0n) is 21.9. The third kappa shape index (κ3) is 6.08. The highest BCUT2D eigenvalue weighted by atomic mass is 16.6. The molecular formula is C27H34N8O2. The first-order chi connectivity index (χ1) is 17.7. The molecule has 194 valence electrons. The molecule has 0 unspecified atom stereocenters. The number of fused-ring (bicyclic) bond motifs is 1. The first kappa shape index (κ1) is 24.8. The van der Waals surface area contributed by atoms with Gasteiger partial charge in [-0.1, -0.05) is 36.4 Å². The molecule has 1 fully saturated rings. The number of nitrogens with zero attached hydrogens (tertiary/aromatic N) is 6. The van der Waals surface area contributed by atoms with E-state index in [4.69, 9.17) is 14.7 Å². The predicted octanol–water partition coefficient (Wildman–Crippen LogP) is 4.12. The maximum absolute atomic E-state index is 12.6. The van der Waals surface area contributed by atoms with Crippen LogP contribution < -0.4 is 10.2 Å². The number of likely N-dealkylation sites (N-methyl/N-ethyl adjacent to an activating group) is 1. The second kappa shape index (κ2) is 10.2. The third-order valence-electron chi connectivity index (χ3n) is 6.33. The quantitative estimate of drug-likeness (QED) is 0.537. The molecule has 2 aliphatic heterocycles. The van der Waals surface area contributed by atoms with Crippen molar-refractivity contribution >= 4 is 35.7 Å². The van der Waals surface area contributed by atoms with Gasteiger partial charge in [-0.3, -0.25) is 10.00 Å². The molecule has 10 heteroatoms. The number of amides is 1. The van der Waals surface area contributed by atoms with Gasteiger partial charge in [0, 0.05) is 37.8 Å². The zero-order valence-corrected chi connectivity index (χ0v) is 21.9. The summed E-state index contributed by atoms with van der Waals surface area (Å²) in [6.07, 6.45) is 3.60. The van der Waals surface area contributed by atoms with Crippen molar-refractivity contribution in [1.82, 2.24) is 30.0 Å². The highest BCUT2D eigenvalue weighted by Gasteiger charge is 2.31. The van der Waals surface area contributed by atoms with Crippen molar-refractivity contribution in [2.75, 3.05) is 43.4 Å². The Bertz CT molecular complexity index is 1270. The lowest BCUT2D eigenvalue weighted by atomic mass is 10.2. The lowest BCUT2D eigenvalue weighted by Gasteiger charge is -2.33. The molecular weight excluding hydrogens is 468 g/mol. The Morgan fingerprint density at radius 1 is 1.05 bits per heavy atom. The maximum atomic E-state index is 12.6. The fourth-order valence-electron chi connectivity index (χ4n) is 4.34. The number of aromatic amines is 1. The second-order valence-electron chi connectivity index (χ2n) is 10.5. The lowest BCUT2D eigenvalue weighted by molar-refractivity contribution is 0.0240. The molecule has 2 aromatic heterocycles. The highest BCUT2D eigenvalue weighted by molar-refractivity contribution is 5.72. The van der Waals surface area contributed by atoms with Crippen molar-refractivity contribution in [1.29, 1.82) is 0 Å². The van der Waals surface area contributed by atoms with E-state index in [-0.39, 0.29) is 6.09 Å². The number of carbonyl (C=O) groups is 1. The Morgan fingerprint density at radius 2 is 1.81 bits per heavy atom. The highest BCUT2D eigenvalue weighted by Crippen LogP contribution is 2.30. The molecule has 0 saturated carbocycles. The van der Waals surface area contributed by atoms with Crippen molar-refractivity contribution in [3.8, 4) is 0 Å². The van der Waals surface area contributed by atoms with Crippen LogP contribution in [-0.4, -0.2) is 74.9 Å². The van der Waals surface area contributed by atoms with Gasteiger partial charge in [0.2, 0.25) is 0 Å². The summed E-state index contributed by atoms with van der Waals surface area (Å²) < 4.78 is 5.55. The summed E-state index contributed by atoms with van der Waals surface area (Å²) in [5.74, 6) is 2.80. The summed E-state index contributed by atoms with van der Waals surface area (Å²) in [5, 5.41) is 10.9. The standard InChI is InChI=1S/C27H34N8O2/c1-27(2,3)37-26(36)35-17-20-21(18-35)31-32-25(20)30-23-16-24(34-14-12-33(4)13-15-34)29-22(28-23)11-10-19-8-6-5-7-9-19/h5-11,16H,12-15,17-18H2,1-4H3,(H2,28,29,30,31,32). The van der Waals surface area contributed by atoms with Crippen molar-refractivity contribution in [3.05, 3.63) is 59.0 Å². The van der Waals surface area contributed by atoms with Crippen molar-refractivity contribution in [2.24, 2.45) is 0 Å². The number of ether oxygens (including phenoxy) is 1. The number of anilines is 3. The van der Waals surface area contributed by atoms with Gasteiger partial charge in [-0.15, -0.1) is 0 Å². The molecule has 10 nitrogen and oxygen atoms in total. The third-order valence-corrected chi connectivity index (χ3v) is 6.33. The summed E-state index contributed by atoms with van der Waals surface area (Å²) in [4.78, 5) is 28.5. The monoisotopic (exact) mass is 502 g/mol. The molecule has 0 aliphatic carbocycles. The topological polar surface area (TPSA) is 103 Å². The van der Waals surface area contributed by atoms with Crippen LogP contribution >= 0.6 is 0 Å². The minimum Gasteiger partial charge on any atom is -0.444 e. The molecule has 2 aliphatic rings. The summed E-state index contributed by atoms with van der Waals surface area (Å²) in [7, 11) is 2.14. The average Bonchev–Trinajstić information content (AvgIpc) is 3.45. The number of hydrogen-bond donors (Lipinski definition) is 2. The molecule has 3 aromatic rings. The van der Waals surface area contributed by atoms with Crippen molar-refractivity contribution in [2.45, 2.75) is 39.5 Å². The van der Waals surface area contributed by atoms with Crippen LogP contribution in [0.4, 0.5) is 22.2 Å². The molecule has 1 amide bonds. The number of aromatic nitrogens is 4. The zero-order chi connectivity index (χ0) is 26.0. The Hall–Kier alpha value is -3.92. The van der Waals surface area contributed by atoms with E-state index >= 15 is 0 Å². The predicted molar refractivity (Wildman–Crippen MR) is 144 cm³/mol. The van der Waals surface area contributed by atoms with E-state index in [2.05, 4.69) is 32.4 Å². The number of nitrogens with one attached hydrogen (secondary N) is 2. The Kier molecular flexibility index (Phi) is 6.84. The Balaban J connectivity index is 1.38. The first-order valence-corrected chi connectivity index (χ1v) is 12.6. The largest absolute Gasteiger partial charge is 0.444 e. The van der Waals surface area contributed by atoms with E-state index in [1.165, 1.54) is 0 Å². The van der Waals surface area contributed by atoms with Gasteiger partial charge < -0.3 is 19.9 Å². The van der Waals surface area contributed by atoms with Crippen molar-refractivity contribution in [3.63, 3.8) is 0 Å². The van der Waals surface area contributed by atoms with Gasteiger partial charge in [0.15, 0.2) is 11.6 Å². The van der Waals surface area contributed by atoms with Crippen LogP contribution in [0.1, 0.15) is 43.4 Å². The summed E-state index contributed by atoms with van der Waals surface area (Å²) >= 11 is 0. The molecule has 1 saturated heterocycles. The summed E-state index contributed by atoms with van der Waals surface area (Å²) in [6, 6.07) is 12.1. The normalized spacial score (nSPS) is 16.3. The fourth-order valence-corrected chi connectivity index (χ4v) is 4.34. The lowest BCUT2D eigenvalue weighted by Crippen LogP contribution is -2.44. The minimum absolute atomic E-state index is 0.337. The smallest absolute Gasteiger partial charge is 0.410 e. The van der Waals surface area contributed by atoms with Crippen LogP contribution in [-0.2, 0) is 17.8 Å². The number of hydrogen-bond acceptors (Lipinski definition) is 8. The van der Waals surface area contributed by atoms with E-state index in [0.29, 0.717) is 30.5 Å². The van der Waals surface area contributed by atoms with Crippen LogP contribution in [0, 0.1) is 0 Å². The molecule has 0 radical (unpaired) electrons. The van der Waals surface area contributed by atoms with Crippen LogP contribution in [0.15, 0.2) is 36.4 Å².